The van der Waals surface area contributed by atoms with Crippen LogP contribution in [-0.2, 0) is 9.53 Å². The maximum Gasteiger partial charge on any atom is 0.242 e. The van der Waals surface area contributed by atoms with E-state index in [1.165, 1.54) is 0 Å². The molecule has 1 aromatic carbocycles. The van der Waals surface area contributed by atoms with E-state index < -0.39 is 5.54 Å². The van der Waals surface area contributed by atoms with Crippen molar-refractivity contribution < 1.29 is 19.1 Å². The summed E-state index contributed by atoms with van der Waals surface area (Å²) in [6.07, 6.45) is 2.50. The molecule has 0 aliphatic carbocycles. The van der Waals surface area contributed by atoms with Crippen molar-refractivity contribution in [3.05, 3.63) is 29.8 Å². The van der Waals surface area contributed by atoms with Gasteiger partial charge >= 0.3 is 0 Å². The summed E-state index contributed by atoms with van der Waals surface area (Å²) >= 11 is 0. The third kappa shape index (κ3) is 3.85. The molecule has 6 nitrogen and oxygen atoms in total. The number of rotatable bonds is 4. The summed E-state index contributed by atoms with van der Waals surface area (Å²) in [6, 6.07) is 7.20. The number of likely N-dealkylation sites (tertiary alicyclic amines) is 1. The molecule has 0 spiro atoms. The van der Waals surface area contributed by atoms with E-state index in [1.54, 1.807) is 31.4 Å². The van der Waals surface area contributed by atoms with Crippen LogP contribution >= 0.6 is 0 Å². The quantitative estimate of drug-likeness (QED) is 0.838. The molecule has 0 radical (unpaired) electrons. The summed E-state index contributed by atoms with van der Waals surface area (Å²) in [7, 11) is 1.60. The highest BCUT2D eigenvalue weighted by atomic mass is 16.5. The average Bonchev–Trinajstić information content (AvgIpc) is 2.67. The van der Waals surface area contributed by atoms with Crippen LogP contribution in [0, 0.1) is 5.92 Å². The number of nitrogens with two attached hydrogens (primary N) is 1. The molecule has 2 saturated heterocycles. The number of benzene rings is 1. The molecular formula is C19H26N2O4. The predicted octanol–water partition coefficient (Wildman–Crippen LogP) is 1.62. The number of hydrogen-bond donors (Lipinski definition) is 1. The fourth-order valence-electron chi connectivity index (χ4n) is 3.60. The maximum absolute atomic E-state index is 12.7. The number of carbonyl (C=O) groups excluding carboxylic acids is 2. The molecule has 0 bridgehead atoms. The molecule has 1 amide bonds. The normalized spacial score (nSPS) is 21.0. The zero-order valence-electron chi connectivity index (χ0n) is 14.7. The van der Waals surface area contributed by atoms with Gasteiger partial charge in [-0.3, -0.25) is 9.59 Å². The minimum atomic E-state index is -0.801. The van der Waals surface area contributed by atoms with Crippen LogP contribution in [0.3, 0.4) is 0 Å². The summed E-state index contributed by atoms with van der Waals surface area (Å²) in [5.74, 6) is 0.844. The number of methoxy groups -OCH3 is 1. The minimum absolute atomic E-state index is 0.00569. The number of piperidine rings is 1. The number of nitrogens with zero attached hydrogens (tertiary/aromatic N) is 1. The van der Waals surface area contributed by atoms with Crippen molar-refractivity contribution in [3.8, 4) is 5.75 Å². The van der Waals surface area contributed by atoms with Crippen LogP contribution in [-0.4, -0.2) is 55.5 Å². The number of ether oxygens (including phenoxy) is 2. The van der Waals surface area contributed by atoms with Crippen molar-refractivity contribution in [3.63, 3.8) is 0 Å². The molecule has 0 atom stereocenters. The van der Waals surface area contributed by atoms with Crippen molar-refractivity contribution in [2.45, 2.75) is 31.2 Å². The van der Waals surface area contributed by atoms with Gasteiger partial charge in [0.25, 0.3) is 0 Å². The lowest BCUT2D eigenvalue weighted by atomic mass is 9.86. The second kappa shape index (κ2) is 7.54. The van der Waals surface area contributed by atoms with Gasteiger partial charge in [-0.1, -0.05) is 0 Å². The third-order valence-corrected chi connectivity index (χ3v) is 5.34. The molecule has 2 N–H and O–H groups in total. The first-order chi connectivity index (χ1) is 12.0. The topological polar surface area (TPSA) is 81.9 Å². The number of Topliss-reactive ketones (excluding diaryl/α,β-unsaturated/α-hetero) is 1. The zero-order valence-corrected chi connectivity index (χ0v) is 14.7. The Bertz CT molecular complexity index is 615. The Labute approximate surface area is 148 Å². The van der Waals surface area contributed by atoms with E-state index in [1.807, 2.05) is 4.90 Å². The van der Waals surface area contributed by atoms with Crippen molar-refractivity contribution >= 4 is 11.7 Å². The van der Waals surface area contributed by atoms with Crippen LogP contribution in [0.15, 0.2) is 24.3 Å². The molecule has 3 rings (SSSR count). The Morgan fingerprint density at radius 2 is 1.76 bits per heavy atom. The molecule has 2 heterocycles. The van der Waals surface area contributed by atoms with Gasteiger partial charge in [-0.2, -0.15) is 0 Å². The molecule has 136 valence electrons. The van der Waals surface area contributed by atoms with E-state index in [9.17, 15) is 9.59 Å². The summed E-state index contributed by atoms with van der Waals surface area (Å²) in [4.78, 5) is 27.2. The number of hydrogen-bond acceptors (Lipinski definition) is 5. The van der Waals surface area contributed by atoms with Gasteiger partial charge in [0.05, 0.1) is 12.6 Å². The second-order valence-electron chi connectivity index (χ2n) is 6.93. The van der Waals surface area contributed by atoms with Gasteiger partial charge in [-0.05, 0) is 49.9 Å². The molecule has 2 fully saturated rings. The number of ketones is 1. The van der Waals surface area contributed by atoms with Gasteiger partial charge < -0.3 is 20.1 Å². The molecule has 0 unspecified atom stereocenters. The highest BCUT2D eigenvalue weighted by Gasteiger charge is 2.40. The molecule has 1 aromatic rings. The van der Waals surface area contributed by atoms with Gasteiger partial charge in [0.15, 0.2) is 5.78 Å². The Balaban J connectivity index is 1.57. The van der Waals surface area contributed by atoms with Crippen LogP contribution in [0.5, 0.6) is 5.75 Å². The molecule has 2 aliphatic rings. The van der Waals surface area contributed by atoms with Gasteiger partial charge in [-0.25, -0.2) is 0 Å². The SMILES string of the molecule is COc1ccc(C(=O)C2CCN(C(=O)C3(N)CCOCC3)CC2)cc1. The van der Waals surface area contributed by atoms with E-state index in [0.29, 0.717) is 57.6 Å². The zero-order chi connectivity index (χ0) is 17.9. The highest BCUT2D eigenvalue weighted by molar-refractivity contribution is 5.98. The fourth-order valence-corrected chi connectivity index (χ4v) is 3.60. The largest absolute Gasteiger partial charge is 0.497 e. The highest BCUT2D eigenvalue weighted by Crippen LogP contribution is 2.27. The Hall–Kier alpha value is -1.92. The Morgan fingerprint density at radius 1 is 1.16 bits per heavy atom. The summed E-state index contributed by atoms with van der Waals surface area (Å²) in [5.41, 5.74) is 6.20. The first-order valence-corrected chi connectivity index (χ1v) is 8.88. The predicted molar refractivity (Wildman–Crippen MR) is 93.6 cm³/mol. The molecular weight excluding hydrogens is 320 g/mol. The summed E-state index contributed by atoms with van der Waals surface area (Å²) in [5, 5.41) is 0. The Kier molecular flexibility index (Phi) is 5.39. The van der Waals surface area contributed by atoms with Crippen molar-refractivity contribution in [2.24, 2.45) is 11.7 Å². The van der Waals surface area contributed by atoms with Crippen LogP contribution < -0.4 is 10.5 Å². The van der Waals surface area contributed by atoms with Gasteiger partial charge in [0.2, 0.25) is 5.91 Å². The van der Waals surface area contributed by atoms with E-state index in [-0.39, 0.29) is 17.6 Å². The van der Waals surface area contributed by atoms with Gasteiger partial charge in [0, 0.05) is 37.8 Å². The van der Waals surface area contributed by atoms with E-state index in [4.69, 9.17) is 15.2 Å². The molecule has 0 saturated carbocycles. The van der Waals surface area contributed by atoms with Crippen LogP contribution in [0.25, 0.3) is 0 Å². The lowest BCUT2D eigenvalue weighted by Crippen LogP contribution is -2.59. The van der Waals surface area contributed by atoms with E-state index in [0.717, 1.165) is 5.75 Å². The maximum atomic E-state index is 12.7. The van der Waals surface area contributed by atoms with Crippen molar-refractivity contribution in [1.82, 2.24) is 4.90 Å². The molecule has 0 aromatic heterocycles. The lowest BCUT2D eigenvalue weighted by molar-refractivity contribution is -0.141. The van der Waals surface area contributed by atoms with Gasteiger partial charge in [-0.15, -0.1) is 0 Å². The van der Waals surface area contributed by atoms with E-state index in [2.05, 4.69) is 0 Å². The molecule has 25 heavy (non-hydrogen) atoms. The van der Waals surface area contributed by atoms with Crippen molar-refractivity contribution in [1.29, 1.82) is 0 Å². The monoisotopic (exact) mass is 346 g/mol. The standard InChI is InChI=1S/C19H26N2O4/c1-24-16-4-2-14(3-5-16)17(22)15-6-10-21(11-7-15)18(23)19(20)8-12-25-13-9-19/h2-5,15H,6-13,20H2,1H3. The summed E-state index contributed by atoms with van der Waals surface area (Å²) in [6.45, 7) is 2.25. The molecule has 2 aliphatic heterocycles. The fraction of sp³-hybridized carbons (Fsp3) is 0.579. The first kappa shape index (κ1) is 17.9. The van der Waals surface area contributed by atoms with E-state index >= 15 is 0 Å². The second-order valence-corrected chi connectivity index (χ2v) is 6.93. The lowest BCUT2D eigenvalue weighted by Gasteiger charge is -2.39. The van der Waals surface area contributed by atoms with Gasteiger partial charge in [0.1, 0.15) is 5.75 Å². The van der Waals surface area contributed by atoms with Crippen molar-refractivity contribution in [2.75, 3.05) is 33.4 Å². The van der Waals surface area contributed by atoms with Crippen LogP contribution in [0.1, 0.15) is 36.0 Å². The third-order valence-electron chi connectivity index (χ3n) is 5.34. The smallest absolute Gasteiger partial charge is 0.242 e. The first-order valence-electron chi connectivity index (χ1n) is 8.88. The molecule has 6 heteroatoms. The van der Waals surface area contributed by atoms with Crippen LogP contribution in [0.4, 0.5) is 0 Å². The number of amides is 1. The average molecular weight is 346 g/mol. The minimum Gasteiger partial charge on any atom is -0.497 e. The summed E-state index contributed by atoms with van der Waals surface area (Å²) < 4.78 is 10.4. The number of carbonyl (C=O) groups is 2. The Morgan fingerprint density at radius 3 is 2.32 bits per heavy atom. The van der Waals surface area contributed by atoms with Crippen LogP contribution in [0.2, 0.25) is 0 Å².